The van der Waals surface area contributed by atoms with Crippen LogP contribution < -0.4 is 10.9 Å². The SMILES string of the molecule is CN1CCN(CC(=O)Nc2ccc3c(=O)n4c(nc3c2)C(=Cc2ccc(Cl)cc2)CC4)CC1. The quantitative estimate of drug-likeness (QED) is 0.643. The third-order valence-corrected chi connectivity index (χ3v) is 6.56. The molecule has 33 heavy (non-hydrogen) atoms. The lowest BCUT2D eigenvalue weighted by Crippen LogP contribution is -2.47. The molecule has 0 atom stereocenters. The second kappa shape index (κ2) is 9.09. The Bertz CT molecular complexity index is 1290. The summed E-state index contributed by atoms with van der Waals surface area (Å²) in [7, 11) is 2.09. The van der Waals surface area contributed by atoms with Gasteiger partial charge in [0, 0.05) is 43.4 Å². The standard InChI is InChI=1S/C25H26ClN5O2/c1-29-10-12-30(13-11-29)16-23(32)27-20-6-7-21-22(15-20)28-24-18(8-9-31(24)25(21)33)14-17-2-4-19(26)5-3-17/h2-7,14-15H,8-13,16H2,1H3,(H,27,32). The van der Waals surface area contributed by atoms with E-state index >= 15 is 0 Å². The molecule has 0 radical (unpaired) electrons. The zero-order valence-corrected chi connectivity index (χ0v) is 19.3. The van der Waals surface area contributed by atoms with Gasteiger partial charge in [-0.1, -0.05) is 23.7 Å². The molecule has 1 saturated heterocycles. The molecule has 2 aliphatic rings. The van der Waals surface area contributed by atoms with Crippen LogP contribution in [0, 0.1) is 0 Å². The summed E-state index contributed by atoms with van der Waals surface area (Å²) in [5.41, 5.74) is 3.22. The van der Waals surface area contributed by atoms with E-state index in [-0.39, 0.29) is 11.5 Å². The number of hydrogen-bond acceptors (Lipinski definition) is 5. The van der Waals surface area contributed by atoms with E-state index < -0.39 is 0 Å². The van der Waals surface area contributed by atoms with E-state index in [1.54, 1.807) is 22.8 Å². The Hall–Kier alpha value is -3.00. The number of anilines is 1. The molecule has 0 bridgehead atoms. The molecular formula is C25H26ClN5O2. The van der Waals surface area contributed by atoms with Gasteiger partial charge >= 0.3 is 0 Å². The van der Waals surface area contributed by atoms with Crippen LogP contribution in [0.5, 0.6) is 0 Å². The Kier molecular flexibility index (Phi) is 6.01. The van der Waals surface area contributed by atoms with Crippen LogP contribution in [-0.2, 0) is 11.3 Å². The van der Waals surface area contributed by atoms with Crippen LogP contribution >= 0.6 is 11.6 Å². The molecule has 1 aromatic heterocycles. The number of allylic oxidation sites excluding steroid dienone is 1. The molecule has 8 heteroatoms. The number of piperazine rings is 1. The van der Waals surface area contributed by atoms with Gasteiger partial charge in [0.25, 0.3) is 5.56 Å². The van der Waals surface area contributed by atoms with E-state index in [1.807, 2.05) is 24.3 Å². The van der Waals surface area contributed by atoms with Gasteiger partial charge in [0.1, 0.15) is 5.82 Å². The van der Waals surface area contributed by atoms with E-state index in [2.05, 4.69) is 28.2 Å². The van der Waals surface area contributed by atoms with Gasteiger partial charge in [-0.2, -0.15) is 0 Å². The van der Waals surface area contributed by atoms with Gasteiger partial charge in [-0.05, 0) is 61.0 Å². The minimum atomic E-state index is -0.0555. The largest absolute Gasteiger partial charge is 0.325 e. The van der Waals surface area contributed by atoms with Crippen molar-refractivity contribution in [3.05, 3.63) is 69.2 Å². The summed E-state index contributed by atoms with van der Waals surface area (Å²) in [5.74, 6) is 0.628. The maximum absolute atomic E-state index is 13.1. The first-order valence-corrected chi connectivity index (χ1v) is 11.6. The number of likely N-dealkylation sites (N-methyl/N-ethyl adjacent to an activating group) is 1. The molecule has 0 unspecified atom stereocenters. The molecule has 3 aromatic rings. The lowest BCUT2D eigenvalue weighted by atomic mass is 10.1. The van der Waals surface area contributed by atoms with E-state index in [9.17, 15) is 9.59 Å². The van der Waals surface area contributed by atoms with Crippen LogP contribution in [0.4, 0.5) is 5.69 Å². The van der Waals surface area contributed by atoms with Crippen molar-refractivity contribution in [1.82, 2.24) is 19.4 Å². The highest BCUT2D eigenvalue weighted by molar-refractivity contribution is 6.30. The van der Waals surface area contributed by atoms with Crippen LogP contribution in [0.2, 0.25) is 5.02 Å². The first-order valence-electron chi connectivity index (χ1n) is 11.2. The van der Waals surface area contributed by atoms with Crippen molar-refractivity contribution in [3.8, 4) is 0 Å². The van der Waals surface area contributed by atoms with Crippen molar-refractivity contribution in [2.45, 2.75) is 13.0 Å². The van der Waals surface area contributed by atoms with Crippen molar-refractivity contribution < 1.29 is 4.79 Å². The number of benzene rings is 2. The summed E-state index contributed by atoms with van der Waals surface area (Å²) < 4.78 is 1.73. The second-order valence-corrected chi connectivity index (χ2v) is 9.16. The maximum Gasteiger partial charge on any atom is 0.261 e. The van der Waals surface area contributed by atoms with Gasteiger partial charge in [0.15, 0.2) is 0 Å². The first kappa shape index (κ1) is 21.8. The molecule has 1 N–H and O–H groups in total. The van der Waals surface area contributed by atoms with Gasteiger partial charge in [-0.25, -0.2) is 4.98 Å². The minimum Gasteiger partial charge on any atom is -0.325 e. The summed E-state index contributed by atoms with van der Waals surface area (Å²) in [6, 6.07) is 12.9. The number of carbonyl (C=O) groups excluding carboxylic acids is 1. The molecular weight excluding hydrogens is 438 g/mol. The predicted octanol–water partition coefficient (Wildman–Crippen LogP) is 3.18. The molecule has 0 aliphatic carbocycles. The molecule has 2 aliphatic heterocycles. The second-order valence-electron chi connectivity index (χ2n) is 8.72. The maximum atomic E-state index is 13.1. The molecule has 1 amide bonds. The zero-order valence-electron chi connectivity index (χ0n) is 18.6. The molecule has 5 rings (SSSR count). The molecule has 2 aromatic carbocycles. The van der Waals surface area contributed by atoms with E-state index in [0.717, 1.165) is 43.7 Å². The number of fused-ring (bicyclic) bond motifs is 2. The number of nitrogens with one attached hydrogen (secondary N) is 1. The van der Waals surface area contributed by atoms with Crippen LogP contribution in [0.25, 0.3) is 22.6 Å². The fourth-order valence-corrected chi connectivity index (χ4v) is 4.53. The van der Waals surface area contributed by atoms with E-state index in [4.69, 9.17) is 16.6 Å². The Morgan fingerprint density at radius 1 is 1.09 bits per heavy atom. The van der Waals surface area contributed by atoms with Crippen molar-refractivity contribution in [2.75, 3.05) is 45.1 Å². The Morgan fingerprint density at radius 2 is 1.85 bits per heavy atom. The van der Waals surface area contributed by atoms with Crippen LogP contribution in [0.3, 0.4) is 0 Å². The summed E-state index contributed by atoms with van der Waals surface area (Å²) in [5, 5.41) is 4.21. The van der Waals surface area contributed by atoms with Gasteiger partial charge in [0.2, 0.25) is 5.91 Å². The summed E-state index contributed by atoms with van der Waals surface area (Å²) in [4.78, 5) is 34.8. The summed E-state index contributed by atoms with van der Waals surface area (Å²) >= 11 is 5.99. The number of carbonyl (C=O) groups is 1. The normalized spacial score (nSPS) is 18.1. The van der Waals surface area contributed by atoms with E-state index in [1.165, 1.54) is 0 Å². The monoisotopic (exact) mass is 463 g/mol. The summed E-state index contributed by atoms with van der Waals surface area (Å²) in [6.45, 7) is 4.67. The minimum absolute atomic E-state index is 0.0511. The molecule has 1 fully saturated rings. The zero-order chi connectivity index (χ0) is 22.9. The van der Waals surface area contributed by atoms with Gasteiger partial charge in [-0.15, -0.1) is 0 Å². The van der Waals surface area contributed by atoms with Crippen molar-refractivity contribution in [2.24, 2.45) is 0 Å². The van der Waals surface area contributed by atoms with Gasteiger partial charge in [0.05, 0.1) is 17.4 Å². The Labute approximate surface area is 197 Å². The fraction of sp³-hybridized carbons (Fsp3) is 0.320. The molecule has 170 valence electrons. The highest BCUT2D eigenvalue weighted by Gasteiger charge is 2.21. The number of hydrogen-bond donors (Lipinski definition) is 1. The van der Waals surface area contributed by atoms with Crippen molar-refractivity contribution in [3.63, 3.8) is 0 Å². The Morgan fingerprint density at radius 3 is 2.61 bits per heavy atom. The topological polar surface area (TPSA) is 70.5 Å². The number of rotatable bonds is 4. The van der Waals surface area contributed by atoms with Crippen LogP contribution in [0.15, 0.2) is 47.3 Å². The van der Waals surface area contributed by atoms with Crippen LogP contribution in [0.1, 0.15) is 17.8 Å². The van der Waals surface area contributed by atoms with Gasteiger partial charge < -0.3 is 10.2 Å². The highest BCUT2D eigenvalue weighted by Crippen LogP contribution is 2.28. The average Bonchev–Trinajstić information content (AvgIpc) is 3.19. The molecule has 0 saturated carbocycles. The molecule has 7 nitrogen and oxygen atoms in total. The van der Waals surface area contributed by atoms with E-state index in [0.29, 0.717) is 40.5 Å². The lowest BCUT2D eigenvalue weighted by molar-refractivity contribution is -0.117. The first-order chi connectivity index (χ1) is 16.0. The number of halogens is 1. The number of nitrogens with zero attached hydrogens (tertiary/aromatic N) is 4. The molecule has 3 heterocycles. The number of aromatic nitrogens is 2. The fourth-order valence-electron chi connectivity index (χ4n) is 4.40. The summed E-state index contributed by atoms with van der Waals surface area (Å²) in [6.07, 6.45) is 2.80. The van der Waals surface area contributed by atoms with Gasteiger partial charge in [-0.3, -0.25) is 19.1 Å². The Balaban J connectivity index is 1.39. The third kappa shape index (κ3) is 4.71. The predicted molar refractivity (Wildman–Crippen MR) is 133 cm³/mol. The highest BCUT2D eigenvalue weighted by atomic mass is 35.5. The smallest absolute Gasteiger partial charge is 0.261 e. The lowest BCUT2D eigenvalue weighted by Gasteiger charge is -2.31. The van der Waals surface area contributed by atoms with Crippen molar-refractivity contribution in [1.29, 1.82) is 0 Å². The van der Waals surface area contributed by atoms with Crippen molar-refractivity contribution >= 4 is 45.7 Å². The molecule has 0 spiro atoms. The number of amides is 1. The average molecular weight is 464 g/mol. The van der Waals surface area contributed by atoms with Crippen LogP contribution in [-0.4, -0.2) is 65.0 Å². The third-order valence-electron chi connectivity index (χ3n) is 6.31.